The van der Waals surface area contributed by atoms with Gasteiger partial charge >= 0.3 is 0 Å². The number of rotatable bonds is 3. The summed E-state index contributed by atoms with van der Waals surface area (Å²) in [5.41, 5.74) is 0.456. The van der Waals surface area contributed by atoms with E-state index in [0.29, 0.717) is 11.8 Å². The number of carbonyl (C=O) groups is 1. The molecule has 1 aliphatic rings. The Hall–Kier alpha value is -0.850. The highest BCUT2D eigenvalue weighted by Crippen LogP contribution is 2.29. The van der Waals surface area contributed by atoms with E-state index in [1.165, 1.54) is 4.90 Å². The molecule has 0 saturated heterocycles. The first-order chi connectivity index (χ1) is 7.58. The van der Waals surface area contributed by atoms with Crippen LogP contribution < -0.4 is 4.74 Å². The molecule has 2 rings (SSSR count). The van der Waals surface area contributed by atoms with Crippen LogP contribution in [0.25, 0.3) is 0 Å². The Morgan fingerprint density at radius 1 is 1.56 bits per heavy atom. The molecule has 1 aliphatic carbocycles. The Morgan fingerprint density at radius 3 is 2.75 bits per heavy atom. The zero-order valence-corrected chi connectivity index (χ0v) is 11.4. The fourth-order valence-corrected chi connectivity index (χ4v) is 1.78. The van der Waals surface area contributed by atoms with E-state index in [0.717, 1.165) is 22.2 Å². The van der Waals surface area contributed by atoms with Crippen molar-refractivity contribution in [1.82, 2.24) is 9.88 Å². The Morgan fingerprint density at radius 2 is 2.25 bits per heavy atom. The van der Waals surface area contributed by atoms with Crippen LogP contribution in [-0.2, 0) is 0 Å². The highest BCUT2D eigenvalue weighted by Gasteiger charge is 2.24. The number of hydrogen-bond acceptors (Lipinski definition) is 3. The molecule has 0 N–H and O–H groups in total. The minimum Gasteiger partial charge on any atom is -0.488 e. The summed E-state index contributed by atoms with van der Waals surface area (Å²) >= 11 is 2.17. The third kappa shape index (κ3) is 2.63. The molecule has 1 amide bonds. The molecule has 0 spiro atoms. The van der Waals surface area contributed by atoms with Gasteiger partial charge in [0.1, 0.15) is 5.69 Å². The van der Waals surface area contributed by atoms with Crippen molar-refractivity contribution in [3.8, 4) is 5.75 Å². The van der Waals surface area contributed by atoms with Gasteiger partial charge in [0.2, 0.25) is 0 Å². The van der Waals surface area contributed by atoms with Crippen molar-refractivity contribution in [3.63, 3.8) is 0 Å². The topological polar surface area (TPSA) is 42.4 Å². The molecule has 1 heterocycles. The Labute approximate surface area is 108 Å². The lowest BCUT2D eigenvalue weighted by molar-refractivity contribution is 0.0822. The number of amides is 1. The van der Waals surface area contributed by atoms with E-state index in [1.807, 2.05) is 0 Å². The molecule has 0 bridgehead atoms. The maximum Gasteiger partial charge on any atom is 0.271 e. The number of hydrogen-bond donors (Lipinski definition) is 0. The Bertz CT molecular complexity index is 416. The third-order valence-electron chi connectivity index (χ3n) is 2.26. The number of halogens is 1. The van der Waals surface area contributed by atoms with E-state index < -0.39 is 0 Å². The second kappa shape index (κ2) is 4.57. The molecule has 1 saturated carbocycles. The van der Waals surface area contributed by atoms with Gasteiger partial charge in [-0.1, -0.05) is 0 Å². The highest BCUT2D eigenvalue weighted by atomic mass is 127. The minimum atomic E-state index is -0.0871. The van der Waals surface area contributed by atoms with Gasteiger partial charge in [-0.3, -0.25) is 4.79 Å². The van der Waals surface area contributed by atoms with Gasteiger partial charge < -0.3 is 9.64 Å². The van der Waals surface area contributed by atoms with Gasteiger partial charge in [-0.15, -0.1) is 0 Å². The summed E-state index contributed by atoms with van der Waals surface area (Å²) in [4.78, 5) is 17.3. The van der Waals surface area contributed by atoms with E-state index in [4.69, 9.17) is 4.74 Å². The number of aromatic nitrogens is 1. The highest BCUT2D eigenvalue weighted by molar-refractivity contribution is 14.1. The van der Waals surface area contributed by atoms with E-state index >= 15 is 0 Å². The van der Waals surface area contributed by atoms with E-state index in [1.54, 1.807) is 26.4 Å². The second-order valence-corrected chi connectivity index (χ2v) is 5.18. The summed E-state index contributed by atoms with van der Waals surface area (Å²) in [6.07, 6.45) is 4.23. The maximum absolute atomic E-state index is 11.7. The molecule has 0 radical (unpaired) electrons. The van der Waals surface area contributed by atoms with Crippen LogP contribution in [0, 0.1) is 3.57 Å². The van der Waals surface area contributed by atoms with Crippen LogP contribution >= 0.6 is 22.6 Å². The molecule has 5 heteroatoms. The van der Waals surface area contributed by atoms with Crippen LogP contribution in [0.5, 0.6) is 5.75 Å². The first-order valence-electron chi connectivity index (χ1n) is 5.12. The lowest BCUT2D eigenvalue weighted by Gasteiger charge is -2.11. The average Bonchev–Trinajstić information content (AvgIpc) is 3.03. The van der Waals surface area contributed by atoms with Gasteiger partial charge in [-0.2, -0.15) is 0 Å². The molecule has 1 aromatic rings. The maximum atomic E-state index is 11.7. The predicted molar refractivity (Wildman–Crippen MR) is 68.6 cm³/mol. The van der Waals surface area contributed by atoms with Crippen molar-refractivity contribution in [3.05, 3.63) is 21.5 Å². The summed E-state index contributed by atoms with van der Waals surface area (Å²) in [6, 6.07) is 1.76. The quantitative estimate of drug-likeness (QED) is 0.795. The van der Waals surface area contributed by atoms with Crippen LogP contribution in [0.3, 0.4) is 0 Å². The first kappa shape index (κ1) is 11.6. The molecule has 0 unspecified atom stereocenters. The molecule has 1 fully saturated rings. The fraction of sp³-hybridized carbons (Fsp3) is 0.455. The monoisotopic (exact) mass is 332 g/mol. The van der Waals surface area contributed by atoms with Crippen LogP contribution in [0.1, 0.15) is 23.3 Å². The van der Waals surface area contributed by atoms with Gasteiger partial charge in [0, 0.05) is 14.1 Å². The van der Waals surface area contributed by atoms with Crippen molar-refractivity contribution in [2.75, 3.05) is 14.1 Å². The fourth-order valence-electron chi connectivity index (χ4n) is 1.22. The molecule has 0 aliphatic heterocycles. The van der Waals surface area contributed by atoms with Crippen LogP contribution in [0.4, 0.5) is 0 Å². The first-order valence-corrected chi connectivity index (χ1v) is 6.19. The van der Waals surface area contributed by atoms with Crippen molar-refractivity contribution in [2.24, 2.45) is 0 Å². The number of pyridine rings is 1. The zero-order valence-electron chi connectivity index (χ0n) is 9.24. The lowest BCUT2D eigenvalue weighted by Crippen LogP contribution is -2.22. The SMILES string of the molecule is CN(C)C(=O)c1cc(I)c(OC2CC2)cn1. The second-order valence-electron chi connectivity index (χ2n) is 4.02. The van der Waals surface area contributed by atoms with Gasteiger partial charge in [-0.05, 0) is 41.5 Å². The molecule has 16 heavy (non-hydrogen) atoms. The molecule has 0 atom stereocenters. The van der Waals surface area contributed by atoms with Crippen LogP contribution in [-0.4, -0.2) is 36.0 Å². The third-order valence-corrected chi connectivity index (χ3v) is 3.11. The number of nitrogens with zero attached hydrogens (tertiary/aromatic N) is 2. The summed E-state index contributed by atoms with van der Waals surface area (Å²) in [5.74, 6) is 0.689. The standard InChI is InChI=1S/C11H13IN2O2/c1-14(2)11(15)9-5-8(12)10(6-13-9)16-7-3-4-7/h5-7H,3-4H2,1-2H3. The van der Waals surface area contributed by atoms with Crippen molar-refractivity contribution in [1.29, 1.82) is 0 Å². The summed E-state index contributed by atoms with van der Waals surface area (Å²) in [7, 11) is 3.43. The molecule has 86 valence electrons. The summed E-state index contributed by atoms with van der Waals surface area (Å²) in [6.45, 7) is 0. The molecule has 4 nitrogen and oxygen atoms in total. The van der Waals surface area contributed by atoms with Crippen molar-refractivity contribution >= 4 is 28.5 Å². The Kier molecular flexibility index (Phi) is 3.32. The zero-order chi connectivity index (χ0) is 11.7. The van der Waals surface area contributed by atoms with Gasteiger partial charge in [0.05, 0.1) is 15.9 Å². The predicted octanol–water partition coefficient (Wildman–Crippen LogP) is 1.93. The van der Waals surface area contributed by atoms with E-state index in [2.05, 4.69) is 27.6 Å². The molecular formula is C11H13IN2O2. The van der Waals surface area contributed by atoms with E-state index in [9.17, 15) is 4.79 Å². The van der Waals surface area contributed by atoms with Crippen molar-refractivity contribution in [2.45, 2.75) is 18.9 Å². The van der Waals surface area contributed by atoms with Gasteiger partial charge in [-0.25, -0.2) is 4.98 Å². The number of carbonyl (C=O) groups excluding carboxylic acids is 1. The Balaban J connectivity index is 2.17. The molecule has 0 aromatic carbocycles. The number of ether oxygens (including phenoxy) is 1. The van der Waals surface area contributed by atoms with Gasteiger partial charge in [0.25, 0.3) is 5.91 Å². The average molecular weight is 332 g/mol. The normalized spacial score (nSPS) is 14.7. The molecule has 1 aromatic heterocycles. The summed E-state index contributed by atoms with van der Waals surface area (Å²) in [5, 5.41) is 0. The van der Waals surface area contributed by atoms with Crippen LogP contribution in [0.15, 0.2) is 12.3 Å². The minimum absolute atomic E-state index is 0.0871. The molecular weight excluding hydrogens is 319 g/mol. The summed E-state index contributed by atoms with van der Waals surface area (Å²) < 4.78 is 6.59. The van der Waals surface area contributed by atoms with Crippen LogP contribution in [0.2, 0.25) is 0 Å². The largest absolute Gasteiger partial charge is 0.488 e. The lowest BCUT2D eigenvalue weighted by atomic mass is 10.3. The smallest absolute Gasteiger partial charge is 0.271 e. The van der Waals surface area contributed by atoms with Gasteiger partial charge in [0.15, 0.2) is 5.75 Å². The van der Waals surface area contributed by atoms with E-state index in [-0.39, 0.29) is 5.91 Å². The van der Waals surface area contributed by atoms with Crippen molar-refractivity contribution < 1.29 is 9.53 Å².